The third-order valence-corrected chi connectivity index (χ3v) is 3.90. The number of benzene rings is 2. The molecule has 24 heavy (non-hydrogen) atoms. The van der Waals surface area contributed by atoms with Gasteiger partial charge in [0.15, 0.2) is 0 Å². The second-order valence-corrected chi connectivity index (χ2v) is 5.48. The largest absolute Gasteiger partial charge is 0.345 e. The summed E-state index contributed by atoms with van der Waals surface area (Å²) in [7, 11) is 0. The fourth-order valence-electron chi connectivity index (χ4n) is 2.64. The lowest BCUT2D eigenvalue weighted by Crippen LogP contribution is -2.00. The van der Waals surface area contributed by atoms with Crippen molar-refractivity contribution in [2.75, 3.05) is 0 Å². The van der Waals surface area contributed by atoms with Crippen molar-refractivity contribution in [3.05, 3.63) is 95.3 Å². The average molecular weight is 317 g/mol. The average Bonchev–Trinajstić information content (AvgIpc) is 3.13. The van der Waals surface area contributed by atoms with Crippen LogP contribution < -0.4 is 0 Å². The summed E-state index contributed by atoms with van der Waals surface area (Å²) in [5.74, 6) is -0.150. The number of allylic oxidation sites excluding steroid dienone is 1. The Morgan fingerprint density at radius 3 is 2.33 bits per heavy atom. The van der Waals surface area contributed by atoms with E-state index in [9.17, 15) is 4.39 Å². The Hall–Kier alpha value is -3.19. The van der Waals surface area contributed by atoms with Crippen molar-refractivity contribution in [3.63, 3.8) is 0 Å². The highest BCUT2D eigenvalue weighted by molar-refractivity contribution is 5.44. The van der Waals surface area contributed by atoms with Gasteiger partial charge in [-0.25, -0.2) is 9.37 Å². The maximum absolute atomic E-state index is 13.2. The predicted molar refractivity (Wildman–Crippen MR) is 91.6 cm³/mol. The van der Waals surface area contributed by atoms with Crippen LogP contribution in [-0.2, 0) is 0 Å². The number of imidazole rings is 1. The normalized spacial score (nSPS) is 12.2. The van der Waals surface area contributed by atoms with Gasteiger partial charge in [0.25, 0.3) is 0 Å². The van der Waals surface area contributed by atoms with Crippen LogP contribution in [0.15, 0.2) is 67.1 Å². The molecule has 3 aromatic rings. The molecule has 2 aromatic carbocycles. The molecule has 0 bridgehead atoms. The van der Waals surface area contributed by atoms with Gasteiger partial charge in [-0.1, -0.05) is 30.3 Å². The van der Waals surface area contributed by atoms with Gasteiger partial charge in [-0.2, -0.15) is 5.26 Å². The Bertz CT molecular complexity index is 841. The van der Waals surface area contributed by atoms with Crippen LogP contribution in [0, 0.1) is 17.1 Å². The molecular formula is C20H16FN3. The van der Waals surface area contributed by atoms with E-state index in [0.29, 0.717) is 5.56 Å². The summed E-state index contributed by atoms with van der Waals surface area (Å²) >= 11 is 0. The number of nitriles is 1. The number of hydrogen-bond donors (Lipinski definition) is 1. The maximum Gasteiger partial charge on any atom is 0.123 e. The van der Waals surface area contributed by atoms with E-state index < -0.39 is 0 Å². The number of aromatic amines is 1. The molecule has 0 fully saturated rings. The van der Waals surface area contributed by atoms with Gasteiger partial charge in [-0.05, 0) is 47.9 Å². The molecule has 0 spiro atoms. The van der Waals surface area contributed by atoms with E-state index in [0.717, 1.165) is 23.2 Å². The third-order valence-electron chi connectivity index (χ3n) is 3.90. The summed E-state index contributed by atoms with van der Waals surface area (Å²) in [5.41, 5.74) is 3.70. The quantitative estimate of drug-likeness (QED) is 0.744. The van der Waals surface area contributed by atoms with Crippen molar-refractivity contribution in [1.82, 2.24) is 9.97 Å². The van der Waals surface area contributed by atoms with Gasteiger partial charge in [0.1, 0.15) is 5.82 Å². The van der Waals surface area contributed by atoms with Gasteiger partial charge < -0.3 is 4.98 Å². The second kappa shape index (κ2) is 7.38. The molecule has 3 nitrogen and oxygen atoms in total. The molecule has 0 aliphatic carbocycles. The molecule has 0 aliphatic heterocycles. The van der Waals surface area contributed by atoms with Crippen LogP contribution >= 0.6 is 0 Å². The minimum absolute atomic E-state index is 0.0949. The number of H-pyrrole nitrogens is 1. The summed E-state index contributed by atoms with van der Waals surface area (Å²) in [4.78, 5) is 7.02. The molecule has 0 amide bonds. The molecule has 0 radical (unpaired) electrons. The van der Waals surface area contributed by atoms with Crippen molar-refractivity contribution in [2.24, 2.45) is 0 Å². The van der Waals surface area contributed by atoms with Gasteiger partial charge in [-0.15, -0.1) is 0 Å². The Morgan fingerprint density at radius 1 is 1.08 bits per heavy atom. The fourth-order valence-corrected chi connectivity index (χ4v) is 2.64. The van der Waals surface area contributed by atoms with E-state index >= 15 is 0 Å². The van der Waals surface area contributed by atoms with Crippen molar-refractivity contribution in [2.45, 2.75) is 12.3 Å². The van der Waals surface area contributed by atoms with E-state index in [2.05, 4.69) is 22.1 Å². The standard InChI is InChI=1S/C20H16FN3/c21-18-10-8-17(9-11-18)20(3-1-2-19-13-23-14-24-19)16-6-4-15(12-22)5-7-16/h1-2,4-11,13-14,20H,3H2,(H,23,24). The Morgan fingerprint density at radius 2 is 1.75 bits per heavy atom. The topological polar surface area (TPSA) is 52.5 Å². The van der Waals surface area contributed by atoms with Crippen molar-refractivity contribution in [1.29, 1.82) is 5.26 Å². The Labute approximate surface area is 140 Å². The highest BCUT2D eigenvalue weighted by Crippen LogP contribution is 2.29. The first-order valence-corrected chi connectivity index (χ1v) is 7.66. The van der Waals surface area contributed by atoms with E-state index in [-0.39, 0.29) is 11.7 Å². The van der Waals surface area contributed by atoms with E-state index in [4.69, 9.17) is 5.26 Å². The number of rotatable bonds is 5. The van der Waals surface area contributed by atoms with E-state index in [1.807, 2.05) is 42.5 Å². The molecule has 3 rings (SSSR count). The molecule has 118 valence electrons. The van der Waals surface area contributed by atoms with Crippen molar-refractivity contribution >= 4 is 6.08 Å². The fraction of sp³-hybridized carbons (Fsp3) is 0.100. The molecule has 1 heterocycles. The number of aromatic nitrogens is 2. The number of hydrogen-bond acceptors (Lipinski definition) is 2. The highest BCUT2D eigenvalue weighted by Gasteiger charge is 2.13. The SMILES string of the molecule is N#Cc1ccc(C(CC=Cc2cnc[nH]2)c2ccc(F)cc2)cc1. The lowest BCUT2D eigenvalue weighted by atomic mass is 9.88. The first-order valence-electron chi connectivity index (χ1n) is 7.66. The lowest BCUT2D eigenvalue weighted by molar-refractivity contribution is 0.626. The minimum atomic E-state index is -0.245. The van der Waals surface area contributed by atoms with Gasteiger partial charge in [0.2, 0.25) is 0 Å². The summed E-state index contributed by atoms with van der Waals surface area (Å²) in [6.07, 6.45) is 8.20. The molecule has 4 heteroatoms. The van der Waals surface area contributed by atoms with Crippen LogP contribution in [0.4, 0.5) is 4.39 Å². The molecule has 0 saturated heterocycles. The molecule has 0 aliphatic rings. The van der Waals surface area contributed by atoms with Crippen molar-refractivity contribution in [3.8, 4) is 6.07 Å². The summed E-state index contributed by atoms with van der Waals surface area (Å²) in [5, 5.41) is 8.95. The first-order chi connectivity index (χ1) is 11.8. The van der Waals surface area contributed by atoms with E-state index in [1.54, 1.807) is 12.5 Å². The van der Waals surface area contributed by atoms with E-state index in [1.165, 1.54) is 12.1 Å². The molecular weight excluding hydrogens is 301 g/mol. The second-order valence-electron chi connectivity index (χ2n) is 5.48. The first kappa shape index (κ1) is 15.7. The summed E-state index contributed by atoms with van der Waals surface area (Å²) in [6.45, 7) is 0. The Kier molecular flexibility index (Phi) is 4.83. The number of nitrogens with one attached hydrogen (secondary N) is 1. The third kappa shape index (κ3) is 3.76. The van der Waals surface area contributed by atoms with Crippen LogP contribution in [0.5, 0.6) is 0 Å². The van der Waals surface area contributed by atoms with Crippen molar-refractivity contribution < 1.29 is 4.39 Å². The van der Waals surface area contributed by atoms with Crippen LogP contribution in [0.3, 0.4) is 0 Å². The zero-order valence-corrected chi connectivity index (χ0v) is 13.0. The van der Waals surface area contributed by atoms with Crippen LogP contribution in [0.2, 0.25) is 0 Å². The minimum Gasteiger partial charge on any atom is -0.345 e. The molecule has 1 atom stereocenters. The predicted octanol–water partition coefficient (Wildman–Crippen LogP) is 4.66. The van der Waals surface area contributed by atoms with Crippen LogP contribution in [0.1, 0.15) is 34.7 Å². The van der Waals surface area contributed by atoms with Gasteiger partial charge in [0.05, 0.1) is 29.9 Å². The lowest BCUT2D eigenvalue weighted by Gasteiger charge is -2.16. The maximum atomic E-state index is 13.2. The molecule has 0 saturated carbocycles. The van der Waals surface area contributed by atoms with Gasteiger partial charge in [-0.3, -0.25) is 0 Å². The molecule has 1 N–H and O–H groups in total. The molecule has 1 unspecified atom stereocenters. The number of halogens is 1. The highest BCUT2D eigenvalue weighted by atomic mass is 19.1. The van der Waals surface area contributed by atoms with Gasteiger partial charge >= 0.3 is 0 Å². The number of nitrogens with zero attached hydrogens (tertiary/aromatic N) is 2. The molecule has 1 aromatic heterocycles. The van der Waals surface area contributed by atoms with Crippen LogP contribution in [-0.4, -0.2) is 9.97 Å². The zero-order chi connectivity index (χ0) is 16.8. The van der Waals surface area contributed by atoms with Gasteiger partial charge in [0, 0.05) is 5.92 Å². The summed E-state index contributed by atoms with van der Waals surface area (Å²) in [6, 6.07) is 16.2. The summed E-state index contributed by atoms with van der Waals surface area (Å²) < 4.78 is 13.2. The monoisotopic (exact) mass is 317 g/mol. The smallest absolute Gasteiger partial charge is 0.123 e. The zero-order valence-electron chi connectivity index (χ0n) is 13.0. The Balaban J connectivity index is 1.87. The van der Waals surface area contributed by atoms with Crippen LogP contribution in [0.25, 0.3) is 6.08 Å².